The first kappa shape index (κ1) is 13.5. The molecule has 4 nitrogen and oxygen atoms in total. The van der Waals surface area contributed by atoms with Crippen LogP contribution in [0.3, 0.4) is 0 Å². The third-order valence-corrected chi connectivity index (χ3v) is 4.73. The van der Waals surface area contributed by atoms with Crippen LogP contribution in [0.1, 0.15) is 24.1 Å². The van der Waals surface area contributed by atoms with Crippen molar-refractivity contribution >= 4 is 39.1 Å². The van der Waals surface area contributed by atoms with E-state index in [9.17, 15) is 9.59 Å². The van der Waals surface area contributed by atoms with E-state index in [4.69, 9.17) is 5.11 Å². The molecule has 0 radical (unpaired) electrons. The van der Waals surface area contributed by atoms with Gasteiger partial charge in [-0.25, -0.2) is 0 Å². The molecule has 2 rings (SSSR count). The SMILES string of the molecule is O=C(Cc1ccc(Br)s1)N[C@@H]1CC[C@H](C(=O)O)C1. The summed E-state index contributed by atoms with van der Waals surface area (Å²) in [4.78, 5) is 23.6. The van der Waals surface area contributed by atoms with Crippen molar-refractivity contribution in [2.75, 3.05) is 0 Å². The van der Waals surface area contributed by atoms with Crippen LogP contribution >= 0.6 is 27.3 Å². The van der Waals surface area contributed by atoms with Crippen LogP contribution in [0.25, 0.3) is 0 Å². The molecule has 1 aliphatic carbocycles. The monoisotopic (exact) mass is 331 g/mol. The fourth-order valence-corrected chi connectivity index (χ4v) is 3.70. The van der Waals surface area contributed by atoms with Gasteiger partial charge in [0, 0.05) is 10.9 Å². The Morgan fingerprint density at radius 1 is 1.44 bits per heavy atom. The van der Waals surface area contributed by atoms with Gasteiger partial charge in [0.25, 0.3) is 0 Å². The third kappa shape index (κ3) is 3.55. The van der Waals surface area contributed by atoms with E-state index in [1.807, 2.05) is 12.1 Å². The number of carboxylic acid groups (broad SMARTS) is 1. The summed E-state index contributed by atoms with van der Waals surface area (Å²) in [7, 11) is 0. The predicted molar refractivity (Wildman–Crippen MR) is 72.6 cm³/mol. The Bertz CT molecular complexity index is 460. The highest BCUT2D eigenvalue weighted by Crippen LogP contribution is 2.26. The van der Waals surface area contributed by atoms with Gasteiger partial charge in [-0.2, -0.15) is 0 Å². The van der Waals surface area contributed by atoms with Crippen molar-refractivity contribution in [2.45, 2.75) is 31.7 Å². The maximum atomic E-state index is 11.8. The number of hydrogen-bond acceptors (Lipinski definition) is 3. The smallest absolute Gasteiger partial charge is 0.306 e. The molecule has 1 saturated carbocycles. The number of nitrogens with one attached hydrogen (secondary N) is 1. The third-order valence-electron chi connectivity index (χ3n) is 3.11. The normalized spacial score (nSPS) is 22.9. The molecular weight excluding hydrogens is 318 g/mol. The molecule has 1 aliphatic rings. The number of hydrogen-bond donors (Lipinski definition) is 2. The predicted octanol–water partition coefficient (Wildman–Crippen LogP) is 2.42. The van der Waals surface area contributed by atoms with Crippen LogP contribution in [-0.2, 0) is 16.0 Å². The number of carbonyl (C=O) groups excluding carboxylic acids is 1. The van der Waals surface area contributed by atoms with Gasteiger partial charge in [0.2, 0.25) is 5.91 Å². The van der Waals surface area contributed by atoms with Crippen LogP contribution in [0.2, 0.25) is 0 Å². The Morgan fingerprint density at radius 2 is 2.22 bits per heavy atom. The topological polar surface area (TPSA) is 66.4 Å². The van der Waals surface area contributed by atoms with Crippen molar-refractivity contribution in [2.24, 2.45) is 5.92 Å². The van der Waals surface area contributed by atoms with E-state index >= 15 is 0 Å². The van der Waals surface area contributed by atoms with Crippen molar-refractivity contribution in [3.8, 4) is 0 Å². The molecule has 18 heavy (non-hydrogen) atoms. The summed E-state index contributed by atoms with van der Waals surface area (Å²) in [6.45, 7) is 0. The zero-order chi connectivity index (χ0) is 13.1. The van der Waals surface area contributed by atoms with E-state index in [1.54, 1.807) is 11.3 Å². The van der Waals surface area contributed by atoms with Crippen LogP contribution in [-0.4, -0.2) is 23.0 Å². The molecule has 1 heterocycles. The first-order valence-electron chi connectivity index (χ1n) is 5.81. The van der Waals surface area contributed by atoms with E-state index < -0.39 is 5.97 Å². The van der Waals surface area contributed by atoms with Crippen molar-refractivity contribution in [1.82, 2.24) is 5.32 Å². The maximum Gasteiger partial charge on any atom is 0.306 e. The lowest BCUT2D eigenvalue weighted by atomic mass is 10.1. The van der Waals surface area contributed by atoms with E-state index in [1.165, 1.54) is 0 Å². The van der Waals surface area contributed by atoms with Crippen LogP contribution in [0, 0.1) is 5.92 Å². The molecule has 0 aliphatic heterocycles. The maximum absolute atomic E-state index is 11.8. The molecule has 0 spiro atoms. The number of carboxylic acids is 1. The lowest BCUT2D eigenvalue weighted by molar-refractivity contribution is -0.141. The lowest BCUT2D eigenvalue weighted by Crippen LogP contribution is -2.34. The molecule has 2 N–H and O–H groups in total. The van der Waals surface area contributed by atoms with Gasteiger partial charge in [0.05, 0.1) is 16.1 Å². The first-order valence-corrected chi connectivity index (χ1v) is 7.42. The summed E-state index contributed by atoms with van der Waals surface area (Å²) in [5, 5.41) is 11.8. The second-order valence-electron chi connectivity index (χ2n) is 4.50. The van der Waals surface area contributed by atoms with Gasteiger partial charge in [-0.1, -0.05) is 0 Å². The zero-order valence-electron chi connectivity index (χ0n) is 9.69. The Kier molecular flexibility index (Phi) is 4.40. The number of thiophene rings is 1. The highest BCUT2D eigenvalue weighted by Gasteiger charge is 2.30. The van der Waals surface area contributed by atoms with E-state index in [-0.39, 0.29) is 17.9 Å². The number of carbonyl (C=O) groups is 2. The molecule has 98 valence electrons. The fourth-order valence-electron chi connectivity index (χ4n) is 2.22. The number of aliphatic carboxylic acids is 1. The number of rotatable bonds is 4. The molecule has 6 heteroatoms. The first-order chi connectivity index (χ1) is 8.54. The summed E-state index contributed by atoms with van der Waals surface area (Å²) >= 11 is 4.90. The van der Waals surface area contributed by atoms with Gasteiger partial charge in [-0.3, -0.25) is 9.59 Å². The second kappa shape index (κ2) is 5.84. The Morgan fingerprint density at radius 3 is 2.78 bits per heavy atom. The summed E-state index contributed by atoms with van der Waals surface area (Å²) < 4.78 is 1.01. The Hall–Kier alpha value is -0.880. The highest BCUT2D eigenvalue weighted by atomic mass is 79.9. The van der Waals surface area contributed by atoms with E-state index in [0.29, 0.717) is 19.3 Å². The Balaban J connectivity index is 1.80. The Labute approximate surface area is 118 Å². The van der Waals surface area contributed by atoms with Crippen LogP contribution in [0.5, 0.6) is 0 Å². The van der Waals surface area contributed by atoms with Gasteiger partial charge in [-0.05, 0) is 47.3 Å². The highest BCUT2D eigenvalue weighted by molar-refractivity contribution is 9.11. The standard InChI is InChI=1S/C12H14BrNO3S/c13-10-4-3-9(18-10)6-11(15)14-8-2-1-7(5-8)12(16)17/h3-4,7-8H,1-2,5-6H2,(H,14,15)(H,16,17)/t7-,8+/m0/s1. The molecule has 0 unspecified atom stereocenters. The van der Waals surface area contributed by atoms with Crippen LogP contribution in [0.4, 0.5) is 0 Å². The van der Waals surface area contributed by atoms with Gasteiger partial charge in [0.15, 0.2) is 0 Å². The van der Waals surface area contributed by atoms with Gasteiger partial charge in [-0.15, -0.1) is 11.3 Å². The van der Waals surface area contributed by atoms with Gasteiger partial charge >= 0.3 is 5.97 Å². The average molecular weight is 332 g/mol. The van der Waals surface area contributed by atoms with Crippen molar-refractivity contribution in [3.63, 3.8) is 0 Å². The van der Waals surface area contributed by atoms with Crippen molar-refractivity contribution in [1.29, 1.82) is 0 Å². The average Bonchev–Trinajstić information content (AvgIpc) is 2.88. The van der Waals surface area contributed by atoms with Crippen LogP contribution in [0.15, 0.2) is 15.9 Å². The van der Waals surface area contributed by atoms with E-state index in [0.717, 1.165) is 15.1 Å². The summed E-state index contributed by atoms with van der Waals surface area (Å²) in [5.74, 6) is -1.08. The fraction of sp³-hybridized carbons (Fsp3) is 0.500. The second-order valence-corrected chi connectivity index (χ2v) is 7.04. The molecule has 0 saturated heterocycles. The largest absolute Gasteiger partial charge is 0.481 e. The minimum atomic E-state index is -0.756. The number of halogens is 1. The van der Waals surface area contributed by atoms with Crippen LogP contribution < -0.4 is 5.32 Å². The molecule has 1 amide bonds. The molecule has 0 aromatic carbocycles. The lowest BCUT2D eigenvalue weighted by Gasteiger charge is -2.11. The summed E-state index contributed by atoms with van der Waals surface area (Å²) in [6.07, 6.45) is 2.33. The molecule has 1 fully saturated rings. The van der Waals surface area contributed by atoms with Gasteiger partial charge < -0.3 is 10.4 Å². The molecule has 2 atom stereocenters. The van der Waals surface area contributed by atoms with Crippen molar-refractivity contribution < 1.29 is 14.7 Å². The minimum absolute atomic E-state index is 0.0157. The quantitative estimate of drug-likeness (QED) is 0.890. The summed E-state index contributed by atoms with van der Waals surface area (Å²) in [6, 6.07) is 3.86. The molecule has 1 aromatic heterocycles. The van der Waals surface area contributed by atoms with E-state index in [2.05, 4.69) is 21.2 Å². The van der Waals surface area contributed by atoms with Crippen molar-refractivity contribution in [3.05, 3.63) is 20.8 Å². The minimum Gasteiger partial charge on any atom is -0.481 e. The molecule has 0 bridgehead atoms. The van der Waals surface area contributed by atoms with Gasteiger partial charge in [0.1, 0.15) is 0 Å². The molecular formula is C12H14BrNO3S. The number of amides is 1. The zero-order valence-corrected chi connectivity index (χ0v) is 12.1. The molecule has 1 aromatic rings. The summed E-state index contributed by atoms with van der Waals surface area (Å²) in [5.41, 5.74) is 0.